The number of hydrogen-bond acceptors (Lipinski definition) is 5. The SMILES string of the molecule is CCOC(=O)CN1C(=O)CN(c2ccccc2)C(=O)c2c1c(C#N)c1n2CCCC1. The van der Waals surface area contributed by atoms with Crippen LogP contribution in [0, 0.1) is 11.3 Å². The number of ether oxygens (including phenoxy) is 1. The van der Waals surface area contributed by atoms with Gasteiger partial charge in [-0.3, -0.25) is 24.2 Å². The number of fused-ring (bicyclic) bond motifs is 3. The van der Waals surface area contributed by atoms with E-state index in [0.717, 1.165) is 18.5 Å². The average molecular weight is 406 g/mol. The summed E-state index contributed by atoms with van der Waals surface area (Å²) in [5.41, 5.74) is 2.16. The number of esters is 1. The number of nitrogens with zero attached hydrogens (tertiary/aromatic N) is 4. The smallest absolute Gasteiger partial charge is 0.326 e. The number of amides is 2. The maximum absolute atomic E-state index is 13.6. The Morgan fingerprint density at radius 3 is 2.67 bits per heavy atom. The molecular weight excluding hydrogens is 384 g/mol. The minimum absolute atomic E-state index is 0.181. The highest BCUT2D eigenvalue weighted by molar-refractivity contribution is 6.18. The molecule has 0 aliphatic carbocycles. The van der Waals surface area contributed by atoms with Crippen molar-refractivity contribution in [3.63, 3.8) is 0 Å². The number of nitriles is 1. The fourth-order valence-corrected chi connectivity index (χ4v) is 4.18. The third kappa shape index (κ3) is 3.22. The van der Waals surface area contributed by atoms with E-state index in [1.807, 2.05) is 10.6 Å². The van der Waals surface area contributed by atoms with Gasteiger partial charge in [0.15, 0.2) is 0 Å². The second-order valence-electron chi connectivity index (χ2n) is 7.25. The molecule has 0 saturated carbocycles. The van der Waals surface area contributed by atoms with Crippen molar-refractivity contribution in [2.75, 3.05) is 29.5 Å². The molecule has 0 saturated heterocycles. The first kappa shape index (κ1) is 19.7. The third-order valence-corrected chi connectivity index (χ3v) is 5.48. The van der Waals surface area contributed by atoms with Crippen LogP contribution in [0.3, 0.4) is 0 Å². The molecule has 2 aliphatic rings. The van der Waals surface area contributed by atoms with Crippen molar-refractivity contribution in [2.45, 2.75) is 32.7 Å². The molecule has 2 aromatic rings. The van der Waals surface area contributed by atoms with E-state index in [4.69, 9.17) is 4.74 Å². The summed E-state index contributed by atoms with van der Waals surface area (Å²) < 4.78 is 6.90. The van der Waals surface area contributed by atoms with Crippen LogP contribution in [0.15, 0.2) is 30.3 Å². The fourth-order valence-electron chi connectivity index (χ4n) is 4.18. The predicted octanol–water partition coefficient (Wildman–Crippen LogP) is 2.25. The van der Waals surface area contributed by atoms with Crippen molar-refractivity contribution in [3.05, 3.63) is 47.3 Å². The van der Waals surface area contributed by atoms with Crippen LogP contribution in [-0.2, 0) is 27.3 Å². The lowest BCUT2D eigenvalue weighted by Crippen LogP contribution is -2.42. The molecule has 3 heterocycles. The summed E-state index contributed by atoms with van der Waals surface area (Å²) in [6, 6.07) is 11.1. The highest BCUT2D eigenvalue weighted by Gasteiger charge is 2.40. The lowest BCUT2D eigenvalue weighted by molar-refractivity contribution is -0.142. The lowest BCUT2D eigenvalue weighted by atomic mass is 10.1. The van der Waals surface area contributed by atoms with Gasteiger partial charge in [0, 0.05) is 17.9 Å². The quantitative estimate of drug-likeness (QED) is 0.726. The maximum Gasteiger partial charge on any atom is 0.326 e. The summed E-state index contributed by atoms with van der Waals surface area (Å²) in [7, 11) is 0. The number of rotatable bonds is 4. The molecule has 0 radical (unpaired) electrons. The molecule has 2 amide bonds. The van der Waals surface area contributed by atoms with Gasteiger partial charge in [0.05, 0.1) is 17.9 Å². The van der Waals surface area contributed by atoms with E-state index in [-0.39, 0.29) is 31.3 Å². The first-order valence-corrected chi connectivity index (χ1v) is 10.0. The normalized spacial score (nSPS) is 15.9. The van der Waals surface area contributed by atoms with Crippen molar-refractivity contribution in [2.24, 2.45) is 0 Å². The Balaban J connectivity index is 1.91. The summed E-state index contributed by atoms with van der Waals surface area (Å²) >= 11 is 0. The molecule has 0 atom stereocenters. The number of para-hydroxylation sites is 1. The molecule has 8 nitrogen and oxygen atoms in total. The fraction of sp³-hybridized carbons (Fsp3) is 0.364. The molecule has 4 rings (SSSR count). The van der Waals surface area contributed by atoms with Gasteiger partial charge in [-0.05, 0) is 38.3 Å². The van der Waals surface area contributed by atoms with Crippen molar-refractivity contribution in [1.82, 2.24) is 4.57 Å². The number of carbonyl (C=O) groups excluding carboxylic acids is 3. The van der Waals surface area contributed by atoms with E-state index in [1.54, 1.807) is 31.2 Å². The summed E-state index contributed by atoms with van der Waals surface area (Å²) in [5, 5.41) is 9.90. The molecule has 0 N–H and O–H groups in total. The van der Waals surface area contributed by atoms with Crippen molar-refractivity contribution < 1.29 is 19.1 Å². The number of aromatic nitrogens is 1. The predicted molar refractivity (Wildman–Crippen MR) is 109 cm³/mol. The van der Waals surface area contributed by atoms with Crippen LogP contribution in [0.4, 0.5) is 11.4 Å². The molecule has 30 heavy (non-hydrogen) atoms. The molecule has 0 fully saturated rings. The van der Waals surface area contributed by atoms with Gasteiger partial charge in [-0.2, -0.15) is 5.26 Å². The van der Waals surface area contributed by atoms with Gasteiger partial charge >= 0.3 is 5.97 Å². The summed E-state index contributed by atoms with van der Waals surface area (Å²) in [6.45, 7) is 1.90. The first-order chi connectivity index (χ1) is 14.6. The Bertz CT molecular complexity index is 1050. The molecular formula is C22H22N4O4. The van der Waals surface area contributed by atoms with Crippen LogP contribution in [0.5, 0.6) is 0 Å². The average Bonchev–Trinajstić information content (AvgIpc) is 3.05. The first-order valence-electron chi connectivity index (χ1n) is 10.0. The Morgan fingerprint density at radius 1 is 1.20 bits per heavy atom. The van der Waals surface area contributed by atoms with Crippen molar-refractivity contribution >= 4 is 29.2 Å². The van der Waals surface area contributed by atoms with Crippen LogP contribution in [0.1, 0.15) is 41.5 Å². The standard InChI is InChI=1S/C22H22N4O4/c1-2-30-19(28)14-26-18(27)13-25(15-8-4-3-5-9-15)22(29)21-20(26)16(12-23)17-10-6-7-11-24(17)21/h3-5,8-9H,2,6-7,10-11,13-14H2,1H3. The Kier molecular flexibility index (Phi) is 5.27. The largest absolute Gasteiger partial charge is 0.465 e. The molecule has 8 heteroatoms. The summed E-state index contributed by atoms with van der Waals surface area (Å²) in [4.78, 5) is 41.8. The van der Waals surface area contributed by atoms with Gasteiger partial charge in [-0.1, -0.05) is 18.2 Å². The molecule has 2 aliphatic heterocycles. The number of hydrogen-bond donors (Lipinski definition) is 0. The van der Waals surface area contributed by atoms with Crippen LogP contribution in [-0.4, -0.2) is 42.0 Å². The zero-order valence-corrected chi connectivity index (χ0v) is 16.8. The number of anilines is 2. The van der Waals surface area contributed by atoms with Gasteiger partial charge < -0.3 is 9.30 Å². The maximum atomic E-state index is 13.6. The zero-order chi connectivity index (χ0) is 21.3. The minimum Gasteiger partial charge on any atom is -0.465 e. The molecule has 0 spiro atoms. The highest BCUT2D eigenvalue weighted by Crippen LogP contribution is 2.38. The van der Waals surface area contributed by atoms with E-state index in [2.05, 4.69) is 6.07 Å². The molecule has 1 aromatic heterocycles. The van der Waals surface area contributed by atoms with Crippen molar-refractivity contribution in [1.29, 1.82) is 5.26 Å². The van der Waals surface area contributed by atoms with Crippen LogP contribution < -0.4 is 9.80 Å². The van der Waals surface area contributed by atoms with Gasteiger partial charge in [0.2, 0.25) is 5.91 Å². The van der Waals surface area contributed by atoms with Gasteiger partial charge in [-0.25, -0.2) is 0 Å². The second-order valence-corrected chi connectivity index (χ2v) is 7.25. The van der Waals surface area contributed by atoms with Gasteiger partial charge in [-0.15, -0.1) is 0 Å². The summed E-state index contributed by atoms with van der Waals surface area (Å²) in [5.74, 6) is -1.36. The van der Waals surface area contributed by atoms with Gasteiger partial charge in [0.25, 0.3) is 5.91 Å². The topological polar surface area (TPSA) is 95.6 Å². The van der Waals surface area contributed by atoms with Crippen LogP contribution in [0.25, 0.3) is 0 Å². The molecule has 154 valence electrons. The van der Waals surface area contributed by atoms with E-state index in [0.29, 0.717) is 29.9 Å². The third-order valence-electron chi connectivity index (χ3n) is 5.48. The van der Waals surface area contributed by atoms with E-state index in [1.165, 1.54) is 9.80 Å². The summed E-state index contributed by atoms with van der Waals surface area (Å²) in [6.07, 6.45) is 2.43. The van der Waals surface area contributed by atoms with Crippen LogP contribution >= 0.6 is 0 Å². The molecule has 0 bridgehead atoms. The monoisotopic (exact) mass is 406 g/mol. The van der Waals surface area contributed by atoms with E-state index < -0.39 is 11.9 Å². The Hall–Kier alpha value is -3.60. The van der Waals surface area contributed by atoms with E-state index >= 15 is 0 Å². The molecule has 1 aromatic carbocycles. The minimum atomic E-state index is -0.578. The lowest BCUT2D eigenvalue weighted by Gasteiger charge is -2.23. The van der Waals surface area contributed by atoms with E-state index in [9.17, 15) is 19.6 Å². The zero-order valence-electron chi connectivity index (χ0n) is 16.8. The highest BCUT2D eigenvalue weighted by atomic mass is 16.5. The van der Waals surface area contributed by atoms with Crippen LogP contribution in [0.2, 0.25) is 0 Å². The van der Waals surface area contributed by atoms with Gasteiger partial charge in [0.1, 0.15) is 24.9 Å². The Labute approximate surface area is 174 Å². The Morgan fingerprint density at radius 2 is 1.97 bits per heavy atom. The number of benzene rings is 1. The number of carbonyl (C=O) groups is 3. The second kappa shape index (κ2) is 8.03. The van der Waals surface area contributed by atoms with Crippen molar-refractivity contribution in [3.8, 4) is 6.07 Å². The molecule has 0 unspecified atom stereocenters.